The number of hydrogen-bond acceptors (Lipinski definition) is 4. The number of nitrogens with zero attached hydrogens (tertiary/aromatic N) is 1. The molecule has 1 aromatic heterocycles. The summed E-state index contributed by atoms with van der Waals surface area (Å²) in [7, 11) is 0. The summed E-state index contributed by atoms with van der Waals surface area (Å²) in [6.45, 7) is 4.13. The summed E-state index contributed by atoms with van der Waals surface area (Å²) >= 11 is 1.60. The van der Waals surface area contributed by atoms with E-state index in [4.69, 9.17) is 10.5 Å². The van der Waals surface area contributed by atoms with Crippen molar-refractivity contribution in [2.75, 3.05) is 6.61 Å². The Morgan fingerprint density at radius 1 is 1.62 bits per heavy atom. The smallest absolute Gasteiger partial charge is 0.107 e. The molecule has 0 bridgehead atoms. The minimum Gasteiger partial charge on any atom is -0.375 e. The van der Waals surface area contributed by atoms with Crippen molar-refractivity contribution in [1.29, 1.82) is 0 Å². The molecule has 0 aliphatic carbocycles. The Bertz CT molecular complexity index is 237. The van der Waals surface area contributed by atoms with E-state index in [1.54, 1.807) is 11.3 Å². The van der Waals surface area contributed by atoms with Gasteiger partial charge in [0, 0.05) is 18.5 Å². The van der Waals surface area contributed by atoms with Gasteiger partial charge in [-0.3, -0.25) is 0 Å². The zero-order valence-electron chi connectivity index (χ0n) is 7.95. The molecule has 0 amide bonds. The number of ether oxygens (including phenoxy) is 1. The van der Waals surface area contributed by atoms with E-state index in [2.05, 4.69) is 11.9 Å². The molecule has 13 heavy (non-hydrogen) atoms. The number of rotatable bonds is 6. The molecule has 0 unspecified atom stereocenters. The van der Waals surface area contributed by atoms with Gasteiger partial charge in [-0.25, -0.2) is 4.98 Å². The predicted molar refractivity (Wildman–Crippen MR) is 54.6 cm³/mol. The monoisotopic (exact) mass is 200 g/mol. The molecule has 0 aliphatic heterocycles. The molecule has 0 fully saturated rings. The summed E-state index contributed by atoms with van der Waals surface area (Å²) < 4.78 is 5.42. The first-order valence-corrected chi connectivity index (χ1v) is 5.46. The zero-order chi connectivity index (χ0) is 9.52. The number of nitrogens with two attached hydrogens (primary N) is 1. The first kappa shape index (κ1) is 10.6. The van der Waals surface area contributed by atoms with Crippen LogP contribution in [-0.2, 0) is 17.9 Å². The second-order valence-corrected chi connectivity index (χ2v) is 3.79. The van der Waals surface area contributed by atoms with Gasteiger partial charge in [-0.2, -0.15) is 0 Å². The maximum atomic E-state index is 5.45. The van der Waals surface area contributed by atoms with Crippen LogP contribution < -0.4 is 5.73 Å². The molecule has 0 atom stereocenters. The number of unbranched alkanes of at least 4 members (excludes halogenated alkanes) is 1. The van der Waals surface area contributed by atoms with Crippen molar-refractivity contribution in [1.82, 2.24) is 4.98 Å². The van der Waals surface area contributed by atoms with Gasteiger partial charge in [-0.15, -0.1) is 11.3 Å². The fourth-order valence-electron chi connectivity index (χ4n) is 0.932. The molecule has 4 heteroatoms. The summed E-state index contributed by atoms with van der Waals surface area (Å²) in [6.07, 6.45) is 2.29. The quantitative estimate of drug-likeness (QED) is 0.714. The van der Waals surface area contributed by atoms with Gasteiger partial charge in [0.05, 0.1) is 12.3 Å². The van der Waals surface area contributed by atoms with E-state index in [-0.39, 0.29) is 0 Å². The van der Waals surface area contributed by atoms with Gasteiger partial charge in [0.25, 0.3) is 0 Å². The Balaban J connectivity index is 2.20. The number of hydrogen-bond donors (Lipinski definition) is 1. The predicted octanol–water partition coefficient (Wildman–Crippen LogP) is 1.92. The molecule has 1 heterocycles. The van der Waals surface area contributed by atoms with Crippen molar-refractivity contribution >= 4 is 11.3 Å². The highest BCUT2D eigenvalue weighted by Crippen LogP contribution is 2.09. The van der Waals surface area contributed by atoms with Crippen LogP contribution in [0.3, 0.4) is 0 Å². The largest absolute Gasteiger partial charge is 0.375 e. The van der Waals surface area contributed by atoms with Crippen LogP contribution in [0.25, 0.3) is 0 Å². The van der Waals surface area contributed by atoms with Crippen LogP contribution in [0.5, 0.6) is 0 Å². The van der Waals surface area contributed by atoms with Crippen molar-refractivity contribution in [3.05, 3.63) is 16.1 Å². The molecule has 0 saturated carbocycles. The van der Waals surface area contributed by atoms with E-state index >= 15 is 0 Å². The Labute approximate surface area is 82.9 Å². The summed E-state index contributed by atoms with van der Waals surface area (Å²) in [5.41, 5.74) is 6.45. The fraction of sp³-hybridized carbons (Fsp3) is 0.667. The lowest BCUT2D eigenvalue weighted by molar-refractivity contribution is 0.116. The van der Waals surface area contributed by atoms with Crippen LogP contribution in [0.1, 0.15) is 30.5 Å². The fourth-order valence-corrected chi connectivity index (χ4v) is 1.59. The van der Waals surface area contributed by atoms with Gasteiger partial charge in [-0.1, -0.05) is 13.3 Å². The summed E-state index contributed by atoms with van der Waals surface area (Å²) in [4.78, 5) is 4.29. The van der Waals surface area contributed by atoms with E-state index in [1.165, 1.54) is 6.42 Å². The van der Waals surface area contributed by atoms with E-state index in [9.17, 15) is 0 Å². The lowest BCUT2D eigenvalue weighted by Crippen LogP contribution is -1.98. The molecular weight excluding hydrogens is 184 g/mol. The van der Waals surface area contributed by atoms with Crippen molar-refractivity contribution < 1.29 is 4.74 Å². The maximum absolute atomic E-state index is 5.45. The third-order valence-electron chi connectivity index (χ3n) is 1.67. The molecule has 2 N–H and O–H groups in total. The highest BCUT2D eigenvalue weighted by atomic mass is 32.1. The van der Waals surface area contributed by atoms with Crippen LogP contribution in [-0.4, -0.2) is 11.6 Å². The number of aromatic nitrogens is 1. The van der Waals surface area contributed by atoms with Gasteiger partial charge in [0.15, 0.2) is 0 Å². The zero-order valence-corrected chi connectivity index (χ0v) is 8.77. The molecule has 3 nitrogen and oxygen atoms in total. The van der Waals surface area contributed by atoms with E-state index in [0.29, 0.717) is 13.2 Å². The molecule has 0 aromatic carbocycles. The Kier molecular flexibility index (Phi) is 4.97. The summed E-state index contributed by atoms with van der Waals surface area (Å²) in [5.74, 6) is 0. The molecule has 1 aromatic rings. The second-order valence-electron chi connectivity index (χ2n) is 2.84. The van der Waals surface area contributed by atoms with Crippen LogP contribution in [0.2, 0.25) is 0 Å². The molecule has 74 valence electrons. The molecule has 0 spiro atoms. The lowest BCUT2D eigenvalue weighted by atomic mass is 10.4. The average Bonchev–Trinajstić information content (AvgIpc) is 2.60. The molecule has 1 rings (SSSR count). The minimum atomic E-state index is 0.527. The van der Waals surface area contributed by atoms with Crippen molar-refractivity contribution in [3.8, 4) is 0 Å². The molecule has 0 radical (unpaired) electrons. The topological polar surface area (TPSA) is 48.1 Å². The number of thiazole rings is 1. The average molecular weight is 200 g/mol. The molecule has 0 aliphatic rings. The first-order chi connectivity index (χ1) is 6.36. The Hall–Kier alpha value is -0.450. The van der Waals surface area contributed by atoms with E-state index in [0.717, 1.165) is 23.7 Å². The third kappa shape index (κ3) is 3.85. The van der Waals surface area contributed by atoms with Gasteiger partial charge in [0.1, 0.15) is 5.01 Å². The van der Waals surface area contributed by atoms with E-state index in [1.807, 2.05) is 5.38 Å². The van der Waals surface area contributed by atoms with Gasteiger partial charge in [0.2, 0.25) is 0 Å². The highest BCUT2D eigenvalue weighted by Gasteiger charge is 1.99. The first-order valence-electron chi connectivity index (χ1n) is 4.58. The summed E-state index contributed by atoms with van der Waals surface area (Å²) in [5, 5.41) is 2.99. The molecular formula is C9H16N2OS. The van der Waals surface area contributed by atoms with Crippen molar-refractivity contribution in [3.63, 3.8) is 0 Å². The van der Waals surface area contributed by atoms with Crippen LogP contribution in [0.15, 0.2) is 5.38 Å². The van der Waals surface area contributed by atoms with Gasteiger partial charge < -0.3 is 10.5 Å². The summed E-state index contributed by atoms with van der Waals surface area (Å²) in [6, 6.07) is 0. The van der Waals surface area contributed by atoms with E-state index < -0.39 is 0 Å². The van der Waals surface area contributed by atoms with Crippen LogP contribution in [0.4, 0.5) is 0 Å². The Morgan fingerprint density at radius 3 is 3.08 bits per heavy atom. The van der Waals surface area contributed by atoms with Gasteiger partial charge >= 0.3 is 0 Å². The SMILES string of the molecule is CCCCOCc1csc(CN)n1. The van der Waals surface area contributed by atoms with Crippen LogP contribution in [0, 0.1) is 0 Å². The van der Waals surface area contributed by atoms with Gasteiger partial charge in [-0.05, 0) is 6.42 Å². The lowest BCUT2D eigenvalue weighted by Gasteiger charge is -1.99. The Morgan fingerprint density at radius 2 is 2.46 bits per heavy atom. The highest BCUT2D eigenvalue weighted by molar-refractivity contribution is 7.09. The maximum Gasteiger partial charge on any atom is 0.107 e. The second kappa shape index (κ2) is 6.07. The van der Waals surface area contributed by atoms with Crippen molar-refractivity contribution in [2.24, 2.45) is 5.73 Å². The van der Waals surface area contributed by atoms with Crippen LogP contribution >= 0.6 is 11.3 Å². The van der Waals surface area contributed by atoms with Crippen molar-refractivity contribution in [2.45, 2.75) is 32.9 Å². The third-order valence-corrected chi connectivity index (χ3v) is 2.59. The molecule has 0 saturated heterocycles. The standard InChI is InChI=1S/C9H16N2OS/c1-2-3-4-12-6-8-7-13-9(5-10)11-8/h7H,2-6,10H2,1H3. The minimum absolute atomic E-state index is 0.527. The normalized spacial score (nSPS) is 10.6.